The first-order chi connectivity index (χ1) is 16.5. The third-order valence-corrected chi connectivity index (χ3v) is 7.25. The highest BCUT2D eigenvalue weighted by molar-refractivity contribution is 7.99. The van der Waals surface area contributed by atoms with Gasteiger partial charge in [-0.25, -0.2) is 4.39 Å². The molecule has 1 saturated heterocycles. The summed E-state index contributed by atoms with van der Waals surface area (Å²) in [6.07, 6.45) is 3.63. The summed E-state index contributed by atoms with van der Waals surface area (Å²) >= 11 is 1.37. The summed E-state index contributed by atoms with van der Waals surface area (Å²) in [5.74, 6) is 0.814. The molecule has 3 aromatic rings. The lowest BCUT2D eigenvalue weighted by molar-refractivity contribution is 0.102. The van der Waals surface area contributed by atoms with Crippen LogP contribution in [0.25, 0.3) is 5.69 Å². The first-order valence-corrected chi connectivity index (χ1v) is 12.7. The molecule has 0 atom stereocenters. The minimum atomic E-state index is -0.289. The van der Waals surface area contributed by atoms with E-state index in [1.807, 2.05) is 24.5 Å². The number of thioether (sulfide) groups is 1. The fourth-order valence-electron chi connectivity index (χ4n) is 4.48. The van der Waals surface area contributed by atoms with Gasteiger partial charge in [-0.2, -0.15) is 0 Å². The quantitative estimate of drug-likeness (QED) is 0.313. The number of nitrogens with zero attached hydrogens (tertiary/aromatic N) is 5. The summed E-state index contributed by atoms with van der Waals surface area (Å²) in [5, 5.41) is 9.51. The van der Waals surface area contributed by atoms with Gasteiger partial charge in [-0.3, -0.25) is 14.3 Å². The molecule has 0 amide bonds. The van der Waals surface area contributed by atoms with Crippen molar-refractivity contribution in [1.82, 2.24) is 24.2 Å². The van der Waals surface area contributed by atoms with E-state index in [4.69, 9.17) is 4.74 Å². The Labute approximate surface area is 204 Å². The molecule has 9 heteroatoms. The number of methoxy groups -OCH3 is 1. The fraction of sp³-hybridized carbons (Fsp3) is 0.480. The Balaban J connectivity index is 1.54. The lowest BCUT2D eigenvalue weighted by Gasteiger charge is -2.26. The van der Waals surface area contributed by atoms with Gasteiger partial charge in [-0.05, 0) is 70.1 Å². The highest BCUT2D eigenvalue weighted by Crippen LogP contribution is 2.26. The largest absolute Gasteiger partial charge is 0.383 e. The van der Waals surface area contributed by atoms with Gasteiger partial charge < -0.3 is 9.30 Å². The van der Waals surface area contributed by atoms with Crippen LogP contribution in [0.5, 0.6) is 0 Å². The minimum Gasteiger partial charge on any atom is -0.383 e. The number of carbonyl (C=O) groups is 1. The lowest BCUT2D eigenvalue weighted by Crippen LogP contribution is -2.30. The fourth-order valence-corrected chi connectivity index (χ4v) is 5.34. The maximum absolute atomic E-state index is 13.6. The normalized spacial score (nSPS) is 14.6. The number of carbonyl (C=O) groups excluding carboxylic acids is 1. The average molecular weight is 486 g/mol. The first-order valence-electron chi connectivity index (χ1n) is 11.7. The molecule has 34 heavy (non-hydrogen) atoms. The number of aromatic nitrogens is 4. The standard InChI is InChI=1S/C25H32FN5O2S/c1-18-15-22(19(2)30(18)13-14-33-3)23(32)17-34-25-28-27-24(16-29-11-5-4-6-12-29)31(25)21-9-7-20(26)8-10-21/h7-10,15H,4-6,11-14,16-17H2,1-3H3. The van der Waals surface area contributed by atoms with E-state index in [1.54, 1.807) is 19.2 Å². The van der Waals surface area contributed by atoms with Gasteiger partial charge in [-0.1, -0.05) is 18.2 Å². The van der Waals surface area contributed by atoms with Crippen LogP contribution < -0.4 is 0 Å². The van der Waals surface area contributed by atoms with Crippen molar-refractivity contribution in [2.45, 2.75) is 51.4 Å². The van der Waals surface area contributed by atoms with Crippen LogP contribution in [0.15, 0.2) is 35.5 Å². The van der Waals surface area contributed by atoms with Crippen molar-refractivity contribution in [1.29, 1.82) is 0 Å². The van der Waals surface area contributed by atoms with E-state index in [0.717, 1.165) is 41.6 Å². The number of hydrogen-bond acceptors (Lipinski definition) is 6. The highest BCUT2D eigenvalue weighted by Gasteiger charge is 2.21. The van der Waals surface area contributed by atoms with Crippen molar-refractivity contribution in [3.8, 4) is 5.69 Å². The molecule has 182 valence electrons. The maximum atomic E-state index is 13.6. The Kier molecular flexibility index (Phi) is 8.18. The first kappa shape index (κ1) is 24.6. The summed E-state index contributed by atoms with van der Waals surface area (Å²) in [4.78, 5) is 15.5. The molecule has 0 aliphatic carbocycles. The maximum Gasteiger partial charge on any atom is 0.196 e. The summed E-state index contributed by atoms with van der Waals surface area (Å²) in [6, 6.07) is 8.28. The second kappa shape index (κ2) is 11.3. The molecular weight excluding hydrogens is 453 g/mol. The van der Waals surface area contributed by atoms with Crippen LogP contribution in [0.3, 0.4) is 0 Å². The molecule has 0 radical (unpaired) electrons. The Morgan fingerprint density at radius 3 is 2.56 bits per heavy atom. The van der Waals surface area contributed by atoms with Crippen LogP contribution in [0.4, 0.5) is 4.39 Å². The van der Waals surface area contributed by atoms with E-state index in [9.17, 15) is 9.18 Å². The van der Waals surface area contributed by atoms with Crippen LogP contribution in [-0.2, 0) is 17.8 Å². The van der Waals surface area contributed by atoms with Crippen LogP contribution in [0.2, 0.25) is 0 Å². The van der Waals surface area contributed by atoms with Crippen molar-refractivity contribution in [2.75, 3.05) is 32.6 Å². The number of halogens is 1. The Morgan fingerprint density at radius 2 is 1.85 bits per heavy atom. The molecule has 4 rings (SSSR count). The third-order valence-electron chi connectivity index (χ3n) is 6.32. The van der Waals surface area contributed by atoms with Crippen LogP contribution in [0, 0.1) is 19.7 Å². The Bertz CT molecular complexity index is 1120. The van der Waals surface area contributed by atoms with Gasteiger partial charge in [0.2, 0.25) is 0 Å². The van der Waals surface area contributed by atoms with Gasteiger partial charge in [0.15, 0.2) is 16.8 Å². The number of rotatable bonds is 10. The zero-order chi connectivity index (χ0) is 24.1. The third kappa shape index (κ3) is 5.59. The summed E-state index contributed by atoms with van der Waals surface area (Å²) in [5.41, 5.74) is 3.51. The van der Waals surface area contributed by atoms with Gasteiger partial charge in [0, 0.05) is 36.3 Å². The summed E-state index contributed by atoms with van der Waals surface area (Å²) < 4.78 is 22.8. The van der Waals surface area contributed by atoms with E-state index in [-0.39, 0.29) is 17.4 Å². The SMILES string of the molecule is COCCn1c(C)cc(C(=O)CSc2nnc(CN3CCCCC3)n2-c2ccc(F)cc2)c1C. The molecule has 0 unspecified atom stereocenters. The van der Waals surface area contributed by atoms with Crippen LogP contribution in [-0.4, -0.2) is 62.6 Å². The molecular formula is C25H32FN5O2S. The predicted octanol–water partition coefficient (Wildman–Crippen LogP) is 4.43. The van der Waals surface area contributed by atoms with E-state index < -0.39 is 0 Å². The number of Topliss-reactive ketones (excluding diaryl/α,β-unsaturated/α-hetero) is 1. The van der Waals surface area contributed by atoms with Gasteiger partial charge in [-0.15, -0.1) is 10.2 Å². The molecule has 3 heterocycles. The van der Waals surface area contributed by atoms with E-state index in [2.05, 4.69) is 19.7 Å². The van der Waals surface area contributed by atoms with Crippen LogP contribution >= 0.6 is 11.8 Å². The summed E-state index contributed by atoms with van der Waals surface area (Å²) in [6.45, 7) is 8.04. The second-order valence-corrected chi connectivity index (χ2v) is 9.63. The molecule has 7 nitrogen and oxygen atoms in total. The van der Waals surface area contributed by atoms with Crippen molar-refractivity contribution < 1.29 is 13.9 Å². The smallest absolute Gasteiger partial charge is 0.196 e. The number of ether oxygens (including phenoxy) is 1. The van der Waals surface area contributed by atoms with Gasteiger partial charge in [0.05, 0.1) is 18.9 Å². The topological polar surface area (TPSA) is 65.2 Å². The lowest BCUT2D eigenvalue weighted by atomic mass is 10.1. The molecule has 2 aromatic heterocycles. The van der Waals surface area contributed by atoms with E-state index in [0.29, 0.717) is 24.9 Å². The molecule has 1 fully saturated rings. The van der Waals surface area contributed by atoms with E-state index >= 15 is 0 Å². The Morgan fingerprint density at radius 1 is 1.12 bits per heavy atom. The molecule has 0 bridgehead atoms. The highest BCUT2D eigenvalue weighted by atomic mass is 32.2. The molecule has 1 aliphatic rings. The molecule has 0 N–H and O–H groups in total. The number of aryl methyl sites for hydroxylation is 1. The Hall–Kier alpha value is -2.49. The number of hydrogen-bond donors (Lipinski definition) is 0. The molecule has 1 aromatic carbocycles. The number of likely N-dealkylation sites (tertiary alicyclic amines) is 1. The predicted molar refractivity (Wildman–Crippen MR) is 131 cm³/mol. The van der Waals surface area contributed by atoms with Gasteiger partial charge in [0.1, 0.15) is 5.82 Å². The number of piperidine rings is 1. The molecule has 0 spiro atoms. The van der Waals surface area contributed by atoms with Crippen molar-refractivity contribution in [3.05, 3.63) is 58.9 Å². The zero-order valence-electron chi connectivity index (χ0n) is 20.1. The van der Waals surface area contributed by atoms with Gasteiger partial charge >= 0.3 is 0 Å². The number of ketones is 1. The van der Waals surface area contributed by atoms with E-state index in [1.165, 1.54) is 43.2 Å². The molecule has 1 aliphatic heterocycles. The zero-order valence-corrected chi connectivity index (χ0v) is 20.9. The van der Waals surface area contributed by atoms with Crippen LogP contribution in [0.1, 0.15) is 46.8 Å². The average Bonchev–Trinajstić information content (AvgIpc) is 3.37. The van der Waals surface area contributed by atoms with Crippen molar-refractivity contribution in [2.24, 2.45) is 0 Å². The monoisotopic (exact) mass is 485 g/mol. The summed E-state index contributed by atoms with van der Waals surface area (Å²) in [7, 11) is 1.67. The molecule has 0 saturated carbocycles. The van der Waals surface area contributed by atoms with Gasteiger partial charge in [0.25, 0.3) is 0 Å². The number of benzene rings is 1. The van der Waals surface area contributed by atoms with Crippen molar-refractivity contribution in [3.63, 3.8) is 0 Å². The second-order valence-electron chi connectivity index (χ2n) is 8.69. The van der Waals surface area contributed by atoms with Crippen molar-refractivity contribution >= 4 is 17.5 Å². The minimum absolute atomic E-state index is 0.0491.